The summed E-state index contributed by atoms with van der Waals surface area (Å²) >= 11 is 0. The van der Waals surface area contributed by atoms with Crippen molar-refractivity contribution in [3.63, 3.8) is 0 Å². The Morgan fingerprint density at radius 2 is 0.982 bits per heavy atom. The number of hydrogen-bond donors (Lipinski definition) is 0. The maximum absolute atomic E-state index is 11.4. The van der Waals surface area contributed by atoms with Gasteiger partial charge in [0.2, 0.25) is 0 Å². The van der Waals surface area contributed by atoms with Crippen molar-refractivity contribution in [3.8, 4) is 12.3 Å². The van der Waals surface area contributed by atoms with Crippen molar-refractivity contribution in [2.75, 3.05) is 139 Å². The lowest BCUT2D eigenvalue weighted by Gasteiger charge is -2.29. The van der Waals surface area contributed by atoms with Gasteiger partial charge in [0.25, 0.3) is 0 Å². The highest BCUT2D eigenvalue weighted by Crippen LogP contribution is 2.26. The van der Waals surface area contributed by atoms with Gasteiger partial charge in [0.15, 0.2) is 6.29 Å². The van der Waals surface area contributed by atoms with E-state index in [1.807, 2.05) is 13.8 Å². The largest absolute Gasteiger partial charge is 0.508 e. The molecule has 11 fully saturated rings. The van der Waals surface area contributed by atoms with Crippen LogP contribution in [-0.2, 0) is 143 Å². The van der Waals surface area contributed by atoms with Crippen LogP contribution >= 0.6 is 0 Å². The molecule has 0 amide bonds. The van der Waals surface area contributed by atoms with Gasteiger partial charge in [0.1, 0.15) is 74.6 Å². The molecule has 0 aromatic heterocycles. The SMILES string of the molecule is C#CCC1CCCOC1=O.C=CC1CCCOC1=O.C=CCC1CCCOC1=O.C=CCCC(=O)OCC1CO1.C=CCCC(=O)OCCC1CO1.C=CCOC(=O)C1(C)COC(=O)OC1.C=CCOCC1CO1.CCOC(=O)C1(C)COC(=O)OC1.CCOC(C)OCC1CO1.O=C1CCCCO1.O=C1CCOC(=O)CC1. The van der Waals surface area contributed by atoms with E-state index in [0.29, 0.717) is 136 Å². The number of terminal acetylenes is 1. The Hall–Kier alpha value is -8.84. The van der Waals surface area contributed by atoms with Crippen molar-refractivity contribution in [1.29, 1.82) is 0 Å². The monoisotopic (exact) mass is 1610 g/mol. The molecule has 113 heavy (non-hydrogen) atoms. The number of Topliss-reactive ketones (excluding diaryl/α,β-unsaturated/α-hetero) is 1. The summed E-state index contributed by atoms with van der Waals surface area (Å²) in [5.74, 6) is 0.876. The van der Waals surface area contributed by atoms with E-state index in [9.17, 15) is 57.5 Å². The van der Waals surface area contributed by atoms with Crippen LogP contribution in [0.15, 0.2) is 75.9 Å². The van der Waals surface area contributed by atoms with E-state index in [-0.39, 0.29) is 124 Å². The first-order valence-electron chi connectivity index (χ1n) is 38.2. The van der Waals surface area contributed by atoms with E-state index >= 15 is 0 Å². The zero-order chi connectivity index (χ0) is 83.9. The molecular formula is C81H122O32. The van der Waals surface area contributed by atoms with E-state index in [0.717, 1.165) is 97.2 Å². The summed E-state index contributed by atoms with van der Waals surface area (Å²) in [5, 5.41) is 0. The van der Waals surface area contributed by atoms with Gasteiger partial charge in [-0.25, -0.2) is 9.59 Å². The number of carbonyl (C=O) groups is 12. The number of ether oxygens (including phenoxy) is 20. The third-order valence-corrected chi connectivity index (χ3v) is 16.1. The fourth-order valence-corrected chi connectivity index (χ4v) is 8.98. The lowest BCUT2D eigenvalue weighted by Crippen LogP contribution is -2.44. The molecule has 0 aromatic rings. The predicted molar refractivity (Wildman–Crippen MR) is 405 cm³/mol. The number of epoxide rings is 4. The van der Waals surface area contributed by atoms with Crippen molar-refractivity contribution in [3.05, 3.63) is 75.9 Å². The van der Waals surface area contributed by atoms with E-state index in [1.165, 1.54) is 6.08 Å². The van der Waals surface area contributed by atoms with Crippen LogP contribution in [0.1, 0.15) is 157 Å². The molecular weight excluding hydrogens is 1480 g/mol. The minimum absolute atomic E-state index is 0.0121. The summed E-state index contributed by atoms with van der Waals surface area (Å²) < 4.78 is 96.7. The predicted octanol–water partition coefficient (Wildman–Crippen LogP) is 9.76. The van der Waals surface area contributed by atoms with Gasteiger partial charge in [-0.2, -0.15) is 0 Å². The molecule has 0 spiro atoms. The van der Waals surface area contributed by atoms with Crippen LogP contribution in [0.25, 0.3) is 0 Å². The molecule has 0 N–H and O–H groups in total. The van der Waals surface area contributed by atoms with Gasteiger partial charge in [-0.15, -0.1) is 45.2 Å². The summed E-state index contributed by atoms with van der Waals surface area (Å²) in [5.41, 5.74) is -1.76. The lowest BCUT2D eigenvalue weighted by molar-refractivity contribution is -0.166. The molecule has 11 heterocycles. The molecule has 11 aliphatic rings. The quantitative estimate of drug-likeness (QED) is 0.0128. The normalized spacial score (nSPS) is 22.6. The van der Waals surface area contributed by atoms with Gasteiger partial charge in [-0.3, -0.25) is 47.9 Å². The van der Waals surface area contributed by atoms with Gasteiger partial charge >= 0.3 is 66.0 Å². The molecule has 8 unspecified atom stereocenters. The maximum Gasteiger partial charge on any atom is 0.508 e. The minimum Gasteiger partial charge on any atom is -0.466 e. The van der Waals surface area contributed by atoms with E-state index in [1.54, 1.807) is 51.2 Å². The molecule has 8 atom stereocenters. The van der Waals surface area contributed by atoms with Crippen LogP contribution in [0.5, 0.6) is 0 Å². The van der Waals surface area contributed by atoms with Crippen molar-refractivity contribution in [2.45, 2.75) is 187 Å². The Labute approximate surface area is 664 Å². The van der Waals surface area contributed by atoms with E-state index < -0.39 is 35.1 Å². The molecule has 0 aliphatic carbocycles. The summed E-state index contributed by atoms with van der Waals surface area (Å²) in [6.07, 6.45) is 28.5. The Morgan fingerprint density at radius 3 is 1.42 bits per heavy atom. The van der Waals surface area contributed by atoms with Gasteiger partial charge in [0.05, 0.1) is 123 Å². The first-order valence-corrected chi connectivity index (χ1v) is 38.2. The molecule has 11 saturated heterocycles. The van der Waals surface area contributed by atoms with Crippen molar-refractivity contribution in [2.24, 2.45) is 28.6 Å². The van der Waals surface area contributed by atoms with Crippen molar-refractivity contribution >= 4 is 71.8 Å². The van der Waals surface area contributed by atoms with Crippen LogP contribution in [-0.4, -0.2) is 241 Å². The van der Waals surface area contributed by atoms with Crippen LogP contribution in [0.2, 0.25) is 0 Å². The van der Waals surface area contributed by atoms with Crippen molar-refractivity contribution < 1.29 is 152 Å². The minimum atomic E-state index is -0.906. The smallest absolute Gasteiger partial charge is 0.466 e. The van der Waals surface area contributed by atoms with Gasteiger partial charge in [-0.1, -0.05) is 43.0 Å². The fraction of sp³-hybridized carbons (Fsp3) is 0.679. The number of hydrogen-bond acceptors (Lipinski definition) is 32. The number of rotatable bonds is 29. The second-order valence-corrected chi connectivity index (χ2v) is 26.5. The van der Waals surface area contributed by atoms with E-state index in [2.05, 4.69) is 73.8 Å². The highest BCUT2D eigenvalue weighted by Gasteiger charge is 2.43. The second kappa shape index (κ2) is 63.6. The average molecular weight is 1610 g/mol. The van der Waals surface area contributed by atoms with Gasteiger partial charge < -0.3 is 94.7 Å². The molecule has 11 aliphatic heterocycles. The van der Waals surface area contributed by atoms with Crippen LogP contribution in [0.3, 0.4) is 0 Å². The molecule has 0 aromatic carbocycles. The molecule has 0 saturated carbocycles. The standard InChI is InChI=1S/C9H12O5.C9H14O3.C8H12O5.C8H12O3.C8H12O2.C8H10O2.C7H14O3.C7H10O2.C6H8O3.C6H10O2.C5H8O2/c1-3-4-12-7(10)9(2)5-13-8(11)14-6-9;1-2-3-4-9(10)11-6-5-8-7-12-8;1-3-11-6(9)8(2)4-12-7(10)13-5-8;1-2-3-4-8(9)11-6-7-5-10-7;2*1-2-4-7-5-3-6-10-8(7)9;1-3-8-6(2)9-4-7-5-10-7;1-2-6-4-3-5-9-7(6)8;7-5-1-2-6(8)9-4-3-5;1-2-3-7-4-6-5-8-6;6-5-3-1-2-4-7-5/h3H,1,4-6H2,2H3;2,8H,1,3-7H2;3-5H2,1-2H3;2,7H,1,3-6H2;2,7H,1,3-6H2;1,7H,3-6H2;6-7H,3-5H2,1-2H3;2,6H,1,3-5H2;1-4H2;2,6H,1,3-5H2;1-4H2. The van der Waals surface area contributed by atoms with Gasteiger partial charge in [-0.05, 0) is 105 Å². The molecule has 638 valence electrons. The first kappa shape index (κ1) is 102. The maximum atomic E-state index is 11.4. The summed E-state index contributed by atoms with van der Waals surface area (Å²) in [4.78, 5) is 129. The number of ketones is 1. The summed E-state index contributed by atoms with van der Waals surface area (Å²) in [6.45, 7) is 39.9. The molecule has 32 nitrogen and oxygen atoms in total. The first-order chi connectivity index (χ1) is 54.3. The highest BCUT2D eigenvalue weighted by atomic mass is 16.7. The van der Waals surface area contributed by atoms with Gasteiger partial charge in [0, 0.05) is 51.6 Å². The zero-order valence-corrected chi connectivity index (χ0v) is 66.8. The number of carbonyl (C=O) groups excluding carboxylic acids is 12. The number of cyclic esters (lactones) is 9. The third kappa shape index (κ3) is 55.3. The Kier molecular flexibility index (Phi) is 57.5. The second-order valence-electron chi connectivity index (χ2n) is 26.5. The average Bonchev–Trinajstić information content (AvgIpc) is 1.78. The molecule has 0 bridgehead atoms. The Bertz CT molecular complexity index is 2880. The Morgan fingerprint density at radius 1 is 0.496 bits per heavy atom. The zero-order valence-electron chi connectivity index (χ0n) is 66.8. The van der Waals surface area contributed by atoms with Crippen LogP contribution in [0, 0.1) is 40.9 Å². The lowest BCUT2D eigenvalue weighted by atomic mass is 9.93. The summed E-state index contributed by atoms with van der Waals surface area (Å²) in [6, 6.07) is 0. The Balaban J connectivity index is 0.000000624. The van der Waals surface area contributed by atoms with E-state index in [4.69, 9.17) is 72.7 Å². The number of esters is 9. The topological polar surface area (TPSA) is 403 Å². The van der Waals surface area contributed by atoms with Crippen LogP contribution < -0.4 is 0 Å². The summed E-state index contributed by atoms with van der Waals surface area (Å²) in [7, 11) is 0. The molecule has 0 radical (unpaired) electrons. The molecule has 32 heteroatoms. The van der Waals surface area contributed by atoms with Crippen molar-refractivity contribution in [1.82, 2.24) is 0 Å². The molecule has 11 rings (SSSR count). The highest BCUT2D eigenvalue weighted by molar-refractivity contribution is 5.84. The number of allylic oxidation sites excluding steroid dienone is 3. The fourth-order valence-electron chi connectivity index (χ4n) is 8.98. The third-order valence-electron chi connectivity index (χ3n) is 16.1. The van der Waals surface area contributed by atoms with Crippen LogP contribution in [0.4, 0.5) is 9.59 Å².